The minimum Gasteiger partial charge on any atom is -0.423 e. The Morgan fingerprint density at radius 3 is 3.04 bits per heavy atom. The molecule has 0 radical (unpaired) electrons. The summed E-state index contributed by atoms with van der Waals surface area (Å²) in [7, 11) is 0. The molecule has 0 bridgehead atoms. The molecule has 5 nitrogen and oxygen atoms in total. The Hall–Kier alpha value is -2.05. The Morgan fingerprint density at radius 1 is 1.35 bits per heavy atom. The van der Waals surface area contributed by atoms with Gasteiger partial charge in [0.1, 0.15) is 5.52 Å². The predicted octanol–water partition coefficient (Wildman–Crippen LogP) is 4.64. The lowest BCUT2D eigenvalue weighted by Crippen LogP contribution is -2.40. The number of carbonyl (C=O) groups excluding carboxylic acids is 1. The number of hydrogen-bond acceptors (Lipinski definition) is 4. The molecule has 4 rings (SSSR count). The van der Waals surface area contributed by atoms with E-state index in [0.717, 1.165) is 35.0 Å². The molecular weight excluding hydrogens is 418 g/mol. The highest BCUT2D eigenvalue weighted by Gasteiger charge is 2.29. The van der Waals surface area contributed by atoms with Gasteiger partial charge in [-0.05, 0) is 43.2 Å². The SMILES string of the molecule is O=C(NC[C@@H]1CCCN1c1nc2ccccc2o1)c1cc(Br)ccc1Cl. The molecule has 0 spiro atoms. The van der Waals surface area contributed by atoms with Crippen molar-refractivity contribution in [3.63, 3.8) is 0 Å². The smallest absolute Gasteiger partial charge is 0.298 e. The van der Waals surface area contributed by atoms with Crippen LogP contribution in [0.2, 0.25) is 5.02 Å². The largest absolute Gasteiger partial charge is 0.423 e. The molecule has 0 unspecified atom stereocenters. The maximum Gasteiger partial charge on any atom is 0.298 e. The first-order chi connectivity index (χ1) is 12.6. The monoisotopic (exact) mass is 433 g/mol. The Kier molecular flexibility index (Phi) is 4.87. The highest BCUT2D eigenvalue weighted by atomic mass is 79.9. The molecule has 0 aliphatic carbocycles. The van der Waals surface area contributed by atoms with Gasteiger partial charge in [-0.1, -0.05) is 39.7 Å². The second kappa shape index (κ2) is 7.29. The standard InChI is InChI=1S/C19H17BrClN3O2/c20-12-7-8-15(21)14(10-12)18(25)22-11-13-4-3-9-24(13)19-23-16-5-1-2-6-17(16)26-19/h1-2,5-8,10,13H,3-4,9,11H2,(H,22,25)/t13-/m0/s1. The molecule has 1 N–H and O–H groups in total. The molecule has 0 saturated carbocycles. The number of nitrogens with zero attached hydrogens (tertiary/aromatic N) is 2. The number of nitrogens with one attached hydrogen (secondary N) is 1. The number of hydrogen-bond donors (Lipinski definition) is 1. The fraction of sp³-hybridized carbons (Fsp3) is 0.263. The minimum atomic E-state index is -0.180. The van der Waals surface area contributed by atoms with Crippen molar-refractivity contribution < 1.29 is 9.21 Å². The van der Waals surface area contributed by atoms with Crippen molar-refractivity contribution in [1.29, 1.82) is 0 Å². The third kappa shape index (κ3) is 3.44. The van der Waals surface area contributed by atoms with Gasteiger partial charge in [0, 0.05) is 17.6 Å². The number of fused-ring (bicyclic) bond motifs is 1. The summed E-state index contributed by atoms with van der Waals surface area (Å²) >= 11 is 9.51. The van der Waals surface area contributed by atoms with Gasteiger partial charge in [0.25, 0.3) is 11.9 Å². The number of oxazole rings is 1. The van der Waals surface area contributed by atoms with Gasteiger partial charge in [0.2, 0.25) is 0 Å². The Bertz CT molecular complexity index is 926. The van der Waals surface area contributed by atoms with Crippen LogP contribution < -0.4 is 10.2 Å². The summed E-state index contributed by atoms with van der Waals surface area (Å²) in [6.07, 6.45) is 2.02. The second-order valence-electron chi connectivity index (χ2n) is 6.29. The Morgan fingerprint density at radius 2 is 2.19 bits per heavy atom. The molecule has 1 saturated heterocycles. The molecular formula is C19H17BrClN3O2. The molecule has 2 aromatic carbocycles. The van der Waals surface area contributed by atoms with Crippen molar-refractivity contribution in [2.24, 2.45) is 0 Å². The topological polar surface area (TPSA) is 58.4 Å². The summed E-state index contributed by atoms with van der Waals surface area (Å²) < 4.78 is 6.70. The van der Waals surface area contributed by atoms with E-state index in [-0.39, 0.29) is 11.9 Å². The third-order valence-corrected chi connectivity index (χ3v) is 5.40. The fourth-order valence-electron chi connectivity index (χ4n) is 3.26. The van der Waals surface area contributed by atoms with Gasteiger partial charge >= 0.3 is 0 Å². The van der Waals surface area contributed by atoms with Gasteiger partial charge in [-0.2, -0.15) is 4.98 Å². The van der Waals surface area contributed by atoms with Crippen LogP contribution in [-0.2, 0) is 0 Å². The number of para-hydroxylation sites is 2. The van der Waals surface area contributed by atoms with Gasteiger partial charge in [-0.15, -0.1) is 0 Å². The first-order valence-electron chi connectivity index (χ1n) is 8.47. The van der Waals surface area contributed by atoms with Crippen molar-refractivity contribution in [2.45, 2.75) is 18.9 Å². The van der Waals surface area contributed by atoms with Gasteiger partial charge in [0.15, 0.2) is 5.58 Å². The van der Waals surface area contributed by atoms with E-state index in [0.29, 0.717) is 23.1 Å². The average Bonchev–Trinajstić information content (AvgIpc) is 3.27. The van der Waals surface area contributed by atoms with Crippen LogP contribution in [0.3, 0.4) is 0 Å². The lowest BCUT2D eigenvalue weighted by molar-refractivity contribution is 0.0951. The van der Waals surface area contributed by atoms with Crippen molar-refractivity contribution in [2.75, 3.05) is 18.0 Å². The van der Waals surface area contributed by atoms with E-state index in [2.05, 4.69) is 31.1 Å². The number of benzene rings is 2. The zero-order valence-electron chi connectivity index (χ0n) is 13.9. The second-order valence-corrected chi connectivity index (χ2v) is 7.61. The average molecular weight is 435 g/mol. The Labute approximate surface area is 164 Å². The first kappa shape index (κ1) is 17.4. The summed E-state index contributed by atoms with van der Waals surface area (Å²) in [6.45, 7) is 1.38. The van der Waals surface area contributed by atoms with Gasteiger partial charge in [-0.25, -0.2) is 0 Å². The number of amides is 1. The molecule has 7 heteroatoms. The number of aromatic nitrogens is 1. The highest BCUT2D eigenvalue weighted by Crippen LogP contribution is 2.28. The predicted molar refractivity (Wildman–Crippen MR) is 106 cm³/mol. The van der Waals surface area contributed by atoms with Crippen molar-refractivity contribution in [3.05, 3.63) is 57.5 Å². The summed E-state index contributed by atoms with van der Waals surface area (Å²) in [6, 6.07) is 13.7. The third-order valence-electron chi connectivity index (χ3n) is 4.58. The van der Waals surface area contributed by atoms with E-state index in [1.807, 2.05) is 30.3 Å². The molecule has 1 aliphatic rings. The van der Waals surface area contributed by atoms with Crippen LogP contribution in [0.1, 0.15) is 23.2 Å². The number of carbonyl (C=O) groups is 1. The number of rotatable bonds is 4. The molecule has 1 atom stereocenters. The van der Waals surface area contributed by atoms with E-state index in [4.69, 9.17) is 16.0 Å². The van der Waals surface area contributed by atoms with Gasteiger partial charge < -0.3 is 14.6 Å². The van der Waals surface area contributed by atoms with Crippen molar-refractivity contribution in [3.8, 4) is 0 Å². The molecule has 1 aromatic heterocycles. The van der Waals surface area contributed by atoms with Gasteiger partial charge in [-0.3, -0.25) is 4.79 Å². The molecule has 1 amide bonds. The van der Waals surface area contributed by atoms with Crippen LogP contribution in [-0.4, -0.2) is 30.0 Å². The zero-order chi connectivity index (χ0) is 18.1. The van der Waals surface area contributed by atoms with Crippen molar-refractivity contribution in [1.82, 2.24) is 10.3 Å². The molecule has 1 aliphatic heterocycles. The van der Waals surface area contributed by atoms with Crippen LogP contribution in [0.25, 0.3) is 11.1 Å². The molecule has 26 heavy (non-hydrogen) atoms. The number of anilines is 1. The van der Waals surface area contributed by atoms with Crippen LogP contribution in [0.15, 0.2) is 51.4 Å². The normalized spacial score (nSPS) is 17.0. The first-order valence-corrected chi connectivity index (χ1v) is 9.64. The summed E-state index contributed by atoms with van der Waals surface area (Å²) in [5, 5.41) is 3.43. The van der Waals surface area contributed by atoms with E-state index in [1.165, 1.54) is 0 Å². The van der Waals surface area contributed by atoms with Crippen LogP contribution >= 0.6 is 27.5 Å². The van der Waals surface area contributed by atoms with E-state index in [9.17, 15) is 4.79 Å². The Balaban J connectivity index is 1.47. The van der Waals surface area contributed by atoms with E-state index in [1.54, 1.807) is 12.1 Å². The van der Waals surface area contributed by atoms with E-state index < -0.39 is 0 Å². The molecule has 2 heterocycles. The molecule has 1 fully saturated rings. The maximum atomic E-state index is 12.5. The van der Waals surface area contributed by atoms with Crippen molar-refractivity contribution >= 4 is 50.6 Å². The number of halogens is 2. The summed E-state index contributed by atoms with van der Waals surface area (Å²) in [5.74, 6) is -0.180. The molecule has 3 aromatic rings. The quantitative estimate of drug-likeness (QED) is 0.650. The summed E-state index contributed by atoms with van der Waals surface area (Å²) in [4.78, 5) is 19.2. The van der Waals surface area contributed by atoms with Crippen LogP contribution in [0, 0.1) is 0 Å². The van der Waals surface area contributed by atoms with Crippen LogP contribution in [0.5, 0.6) is 0 Å². The van der Waals surface area contributed by atoms with Crippen LogP contribution in [0.4, 0.5) is 6.01 Å². The van der Waals surface area contributed by atoms with Gasteiger partial charge in [0.05, 0.1) is 16.6 Å². The highest BCUT2D eigenvalue weighted by molar-refractivity contribution is 9.10. The minimum absolute atomic E-state index is 0.151. The maximum absolute atomic E-state index is 12.5. The summed E-state index contributed by atoms with van der Waals surface area (Å²) in [5.41, 5.74) is 2.09. The van der Waals surface area contributed by atoms with E-state index >= 15 is 0 Å². The fourth-order valence-corrected chi connectivity index (χ4v) is 3.82. The molecule has 134 valence electrons. The zero-order valence-corrected chi connectivity index (χ0v) is 16.3. The lowest BCUT2D eigenvalue weighted by Gasteiger charge is -2.23. The lowest BCUT2D eigenvalue weighted by atomic mass is 10.2.